The van der Waals surface area contributed by atoms with E-state index in [0.29, 0.717) is 16.9 Å². The molecular formula is C16H8FN3O3S. The third kappa shape index (κ3) is 3.26. The fourth-order valence-corrected chi connectivity index (χ4v) is 2.82. The van der Waals surface area contributed by atoms with Crippen molar-refractivity contribution in [3.05, 3.63) is 70.2 Å². The molecule has 0 aliphatic rings. The summed E-state index contributed by atoms with van der Waals surface area (Å²) in [6.07, 6.45) is 1.45. The molecule has 0 atom stereocenters. The van der Waals surface area contributed by atoms with E-state index in [2.05, 4.69) is 4.98 Å². The summed E-state index contributed by atoms with van der Waals surface area (Å²) in [4.78, 5) is 14.9. The summed E-state index contributed by atoms with van der Waals surface area (Å²) in [5, 5.41) is 20.2. The minimum absolute atomic E-state index is 0.138. The van der Waals surface area contributed by atoms with Crippen molar-refractivity contribution in [3.8, 4) is 17.4 Å². The molecule has 0 radical (unpaired) electrons. The normalized spacial score (nSPS) is 10.3. The highest BCUT2D eigenvalue weighted by atomic mass is 32.2. The molecule has 0 aliphatic heterocycles. The van der Waals surface area contributed by atoms with Crippen LogP contribution < -0.4 is 0 Å². The molecule has 0 amide bonds. The molecule has 3 aromatic rings. The topological polar surface area (TPSA) is 93.0 Å². The van der Waals surface area contributed by atoms with Gasteiger partial charge >= 0.3 is 0 Å². The Morgan fingerprint density at radius 3 is 2.67 bits per heavy atom. The first kappa shape index (κ1) is 15.7. The van der Waals surface area contributed by atoms with Crippen molar-refractivity contribution in [2.24, 2.45) is 0 Å². The third-order valence-corrected chi connectivity index (χ3v) is 4.01. The van der Waals surface area contributed by atoms with Crippen molar-refractivity contribution in [1.29, 1.82) is 5.26 Å². The molecule has 3 rings (SSSR count). The van der Waals surface area contributed by atoms with Gasteiger partial charge in [0.25, 0.3) is 10.9 Å². The third-order valence-electron chi connectivity index (χ3n) is 3.10. The standard InChI is InChI=1S/C16H8FN3O3S/c17-12-4-2-11(3-5-12)14-9-19-16(23-14)24-15-7-10(8-18)1-6-13(15)20(21)22/h1-7,9H. The number of rotatable bonds is 4. The maximum atomic E-state index is 12.9. The van der Waals surface area contributed by atoms with E-state index in [-0.39, 0.29) is 21.6 Å². The molecule has 118 valence electrons. The number of benzene rings is 2. The Labute approximate surface area is 139 Å². The number of halogens is 1. The largest absolute Gasteiger partial charge is 0.431 e. The van der Waals surface area contributed by atoms with Crippen LogP contribution in [0.1, 0.15) is 5.56 Å². The highest BCUT2D eigenvalue weighted by Crippen LogP contribution is 2.36. The number of oxazole rings is 1. The number of aromatic nitrogens is 1. The minimum Gasteiger partial charge on any atom is -0.431 e. The molecule has 0 saturated heterocycles. The Morgan fingerprint density at radius 1 is 1.25 bits per heavy atom. The van der Waals surface area contributed by atoms with E-state index < -0.39 is 4.92 Å². The average molecular weight is 341 g/mol. The predicted molar refractivity (Wildman–Crippen MR) is 83.8 cm³/mol. The molecule has 0 aliphatic carbocycles. The van der Waals surface area contributed by atoms with E-state index in [4.69, 9.17) is 9.68 Å². The number of nitro groups is 1. The van der Waals surface area contributed by atoms with E-state index >= 15 is 0 Å². The fourth-order valence-electron chi connectivity index (χ4n) is 1.96. The second kappa shape index (κ2) is 6.52. The lowest BCUT2D eigenvalue weighted by molar-refractivity contribution is -0.387. The zero-order valence-electron chi connectivity index (χ0n) is 12.0. The van der Waals surface area contributed by atoms with Crippen molar-refractivity contribution in [1.82, 2.24) is 4.98 Å². The maximum absolute atomic E-state index is 12.9. The van der Waals surface area contributed by atoms with Gasteiger partial charge in [0, 0.05) is 11.6 Å². The van der Waals surface area contributed by atoms with E-state index in [1.54, 1.807) is 12.1 Å². The van der Waals surface area contributed by atoms with Gasteiger partial charge in [-0.3, -0.25) is 10.1 Å². The van der Waals surface area contributed by atoms with Gasteiger partial charge in [-0.15, -0.1) is 0 Å². The number of nitriles is 1. The highest BCUT2D eigenvalue weighted by molar-refractivity contribution is 7.99. The van der Waals surface area contributed by atoms with Crippen LogP contribution in [0.15, 0.2) is 63.2 Å². The molecule has 8 heteroatoms. The van der Waals surface area contributed by atoms with Crippen LogP contribution in [-0.4, -0.2) is 9.91 Å². The first-order valence-corrected chi connectivity index (χ1v) is 7.46. The van der Waals surface area contributed by atoms with Gasteiger partial charge in [0.05, 0.1) is 27.6 Å². The number of hydrogen-bond donors (Lipinski definition) is 0. The molecule has 0 saturated carbocycles. The molecule has 1 heterocycles. The summed E-state index contributed by atoms with van der Waals surface area (Å²) in [6, 6.07) is 11.7. The lowest BCUT2D eigenvalue weighted by atomic mass is 10.2. The van der Waals surface area contributed by atoms with E-state index in [1.807, 2.05) is 6.07 Å². The van der Waals surface area contributed by atoms with Gasteiger partial charge in [-0.1, -0.05) is 0 Å². The second-order valence-electron chi connectivity index (χ2n) is 4.65. The zero-order chi connectivity index (χ0) is 17.1. The van der Waals surface area contributed by atoms with Gasteiger partial charge in [-0.05, 0) is 48.2 Å². The Morgan fingerprint density at radius 2 is 2.00 bits per heavy atom. The van der Waals surface area contributed by atoms with E-state index in [1.165, 1.54) is 36.5 Å². The second-order valence-corrected chi connectivity index (χ2v) is 5.64. The lowest BCUT2D eigenvalue weighted by Gasteiger charge is -2.00. The van der Waals surface area contributed by atoms with Crippen molar-refractivity contribution >= 4 is 17.4 Å². The number of hydrogen-bond acceptors (Lipinski definition) is 6. The molecule has 0 N–H and O–H groups in total. The Kier molecular flexibility index (Phi) is 4.26. The minimum atomic E-state index is -0.534. The van der Waals surface area contributed by atoms with Crippen molar-refractivity contribution in [2.75, 3.05) is 0 Å². The predicted octanol–water partition coefficient (Wildman–Crippen LogP) is 4.41. The van der Waals surface area contributed by atoms with Gasteiger partial charge in [-0.2, -0.15) is 5.26 Å². The number of nitro benzene ring substituents is 1. The van der Waals surface area contributed by atoms with Crippen molar-refractivity contribution in [3.63, 3.8) is 0 Å². The van der Waals surface area contributed by atoms with Gasteiger partial charge in [0.2, 0.25) is 0 Å². The molecule has 6 nitrogen and oxygen atoms in total. The summed E-state index contributed by atoms with van der Waals surface area (Å²) in [5.74, 6) is 0.0494. The fraction of sp³-hybridized carbons (Fsp3) is 0. The van der Waals surface area contributed by atoms with Gasteiger partial charge < -0.3 is 4.42 Å². The molecule has 0 spiro atoms. The molecule has 0 bridgehead atoms. The van der Waals surface area contributed by atoms with E-state index in [0.717, 1.165) is 11.8 Å². The van der Waals surface area contributed by atoms with Crippen LogP contribution in [0.4, 0.5) is 10.1 Å². The first-order valence-electron chi connectivity index (χ1n) is 6.65. The van der Waals surface area contributed by atoms with Crippen LogP contribution in [0.25, 0.3) is 11.3 Å². The van der Waals surface area contributed by atoms with Crippen LogP contribution in [0.3, 0.4) is 0 Å². The van der Waals surface area contributed by atoms with Crippen LogP contribution in [-0.2, 0) is 0 Å². The SMILES string of the molecule is N#Cc1ccc([N+](=O)[O-])c(Sc2ncc(-c3ccc(F)cc3)o2)c1. The van der Waals surface area contributed by atoms with Crippen LogP contribution >= 0.6 is 11.8 Å². The van der Waals surface area contributed by atoms with Crippen molar-refractivity contribution < 1.29 is 13.7 Å². The van der Waals surface area contributed by atoms with Gasteiger partial charge in [0.1, 0.15) is 5.82 Å². The smallest absolute Gasteiger partial charge is 0.283 e. The molecule has 2 aromatic carbocycles. The Balaban J connectivity index is 1.91. The molecule has 0 unspecified atom stereocenters. The quantitative estimate of drug-likeness (QED) is 0.515. The zero-order valence-corrected chi connectivity index (χ0v) is 12.8. The maximum Gasteiger partial charge on any atom is 0.283 e. The molecule has 24 heavy (non-hydrogen) atoms. The molecular weight excluding hydrogens is 333 g/mol. The van der Waals surface area contributed by atoms with Gasteiger partial charge in [-0.25, -0.2) is 9.37 Å². The van der Waals surface area contributed by atoms with Crippen molar-refractivity contribution in [2.45, 2.75) is 10.1 Å². The summed E-state index contributed by atoms with van der Waals surface area (Å²) in [6.45, 7) is 0. The molecule has 1 aromatic heterocycles. The Bertz CT molecular complexity index is 948. The Hall–Kier alpha value is -3.18. The summed E-state index contributed by atoms with van der Waals surface area (Å²) in [7, 11) is 0. The summed E-state index contributed by atoms with van der Waals surface area (Å²) >= 11 is 0.946. The molecule has 0 fully saturated rings. The summed E-state index contributed by atoms with van der Waals surface area (Å²) < 4.78 is 18.5. The van der Waals surface area contributed by atoms with Crippen LogP contribution in [0.5, 0.6) is 0 Å². The van der Waals surface area contributed by atoms with Crippen LogP contribution in [0, 0.1) is 27.3 Å². The van der Waals surface area contributed by atoms with Crippen LogP contribution in [0.2, 0.25) is 0 Å². The first-order chi connectivity index (χ1) is 11.6. The van der Waals surface area contributed by atoms with E-state index in [9.17, 15) is 14.5 Å². The monoisotopic (exact) mass is 341 g/mol. The van der Waals surface area contributed by atoms with Gasteiger partial charge in [0.15, 0.2) is 5.76 Å². The summed E-state index contributed by atoms with van der Waals surface area (Å²) in [5.41, 5.74) is 0.796. The average Bonchev–Trinajstić information content (AvgIpc) is 3.03. The number of nitrogens with zero attached hydrogens (tertiary/aromatic N) is 3. The lowest BCUT2D eigenvalue weighted by Crippen LogP contribution is -1.91. The highest BCUT2D eigenvalue weighted by Gasteiger charge is 2.18.